The van der Waals surface area contributed by atoms with Crippen LogP contribution in [0.4, 0.5) is 0 Å². The molecule has 0 aromatic rings. The normalized spacial score (nSPS) is 13.5. The van der Waals surface area contributed by atoms with E-state index in [1.54, 1.807) is 0 Å². The minimum atomic E-state index is 0.464. The lowest BCUT2D eigenvalue weighted by Crippen LogP contribution is -2.02. The van der Waals surface area contributed by atoms with E-state index in [4.69, 9.17) is 0 Å². The van der Waals surface area contributed by atoms with Gasteiger partial charge in [-0.05, 0) is 34.0 Å². The number of hydrogen-bond donors (Lipinski definition) is 3. The zero-order valence-electron chi connectivity index (χ0n) is 9.18. The summed E-state index contributed by atoms with van der Waals surface area (Å²) in [5.41, 5.74) is 13.5. The Morgan fingerprint density at radius 3 is 1.23 bits per heavy atom. The predicted octanol–water partition coefficient (Wildman–Crippen LogP) is 0.244. The van der Waals surface area contributed by atoms with E-state index in [0.717, 1.165) is 25.7 Å². The molecule has 1 saturated carbocycles. The van der Waals surface area contributed by atoms with Gasteiger partial charge >= 0.3 is 0 Å². The van der Waals surface area contributed by atoms with Gasteiger partial charge in [-0.1, -0.05) is 6.42 Å². The van der Waals surface area contributed by atoms with Gasteiger partial charge in [-0.15, -0.1) is 0 Å². The quantitative estimate of drug-likeness (QED) is 0.511. The van der Waals surface area contributed by atoms with Crippen molar-refractivity contribution in [2.75, 3.05) is 21.1 Å². The van der Waals surface area contributed by atoms with Gasteiger partial charge in [0, 0.05) is 12.8 Å². The molecule has 1 aliphatic rings. The third-order valence-electron chi connectivity index (χ3n) is 1.41. The summed E-state index contributed by atoms with van der Waals surface area (Å²) < 4.78 is 0. The average Bonchev–Trinajstić information content (AvgIpc) is 2.28. The van der Waals surface area contributed by atoms with Crippen LogP contribution in [-0.4, -0.2) is 26.9 Å². The minimum Gasteiger partial charge on any atom is -0.333 e. The van der Waals surface area contributed by atoms with Gasteiger partial charge in [-0.3, -0.25) is 4.79 Å². The van der Waals surface area contributed by atoms with Gasteiger partial charge in [-0.2, -0.15) is 0 Å². The third kappa shape index (κ3) is 18.5. The summed E-state index contributed by atoms with van der Waals surface area (Å²) in [6.45, 7) is 0. The number of Topliss-reactive ketones (excluding diaryl/α,β-unsaturated/α-hetero) is 1. The van der Waals surface area contributed by atoms with Crippen molar-refractivity contribution >= 4 is 5.78 Å². The highest BCUT2D eigenvalue weighted by Gasteiger charge is 2.05. The van der Waals surface area contributed by atoms with Gasteiger partial charge < -0.3 is 17.2 Å². The van der Waals surface area contributed by atoms with Crippen molar-refractivity contribution in [2.24, 2.45) is 17.2 Å². The van der Waals surface area contributed by atoms with Crippen LogP contribution < -0.4 is 17.2 Å². The van der Waals surface area contributed by atoms with E-state index < -0.39 is 0 Å². The fourth-order valence-corrected chi connectivity index (χ4v) is 0.946. The summed E-state index contributed by atoms with van der Waals surface area (Å²) in [5.74, 6) is 0.464. The first-order chi connectivity index (χ1) is 6.39. The molecule has 6 N–H and O–H groups in total. The largest absolute Gasteiger partial charge is 0.333 e. The van der Waals surface area contributed by atoms with Gasteiger partial charge in [0.05, 0.1) is 0 Å². The minimum absolute atomic E-state index is 0.464. The molecule has 1 aliphatic carbocycles. The van der Waals surface area contributed by atoms with E-state index in [0.29, 0.717) is 5.78 Å². The Labute approximate surface area is 81.9 Å². The molecule has 0 aromatic heterocycles. The standard InChI is InChI=1S/C6H10O.3CH5N/c7-6-4-2-1-3-5-6;3*1-2/h1-5H2;3*2H2,1H3. The molecule has 13 heavy (non-hydrogen) atoms. The van der Waals surface area contributed by atoms with E-state index in [2.05, 4.69) is 17.2 Å². The summed E-state index contributed by atoms with van der Waals surface area (Å²) in [5, 5.41) is 0. The van der Waals surface area contributed by atoms with Gasteiger partial charge in [0.15, 0.2) is 0 Å². The molecule has 0 heterocycles. The molecule has 0 unspecified atom stereocenters. The molecule has 1 rings (SSSR count). The van der Waals surface area contributed by atoms with Crippen LogP contribution in [0.1, 0.15) is 32.1 Å². The van der Waals surface area contributed by atoms with Crippen LogP contribution in [0.25, 0.3) is 0 Å². The lowest BCUT2D eigenvalue weighted by atomic mass is 10.00. The molecule has 4 heteroatoms. The van der Waals surface area contributed by atoms with Crippen molar-refractivity contribution in [1.29, 1.82) is 0 Å². The Morgan fingerprint density at radius 2 is 1.08 bits per heavy atom. The average molecular weight is 191 g/mol. The van der Waals surface area contributed by atoms with Gasteiger partial charge in [-0.25, -0.2) is 0 Å². The van der Waals surface area contributed by atoms with Crippen LogP contribution in [0.3, 0.4) is 0 Å². The Hall–Kier alpha value is -0.450. The molecule has 0 radical (unpaired) electrons. The zero-order valence-corrected chi connectivity index (χ0v) is 9.18. The van der Waals surface area contributed by atoms with Gasteiger partial charge in [0.1, 0.15) is 5.78 Å². The number of rotatable bonds is 0. The van der Waals surface area contributed by atoms with Crippen LogP contribution in [0, 0.1) is 0 Å². The van der Waals surface area contributed by atoms with Crippen molar-refractivity contribution in [3.05, 3.63) is 0 Å². The molecule has 0 bridgehead atoms. The smallest absolute Gasteiger partial charge is 0.132 e. The number of nitrogens with two attached hydrogens (primary N) is 3. The Bertz CT molecular complexity index is 78.9. The van der Waals surface area contributed by atoms with Crippen LogP contribution in [0.2, 0.25) is 0 Å². The molecule has 0 amide bonds. The number of carbonyl (C=O) groups excluding carboxylic acids is 1. The highest BCUT2D eigenvalue weighted by atomic mass is 16.1. The van der Waals surface area contributed by atoms with Gasteiger partial charge in [0.25, 0.3) is 0 Å². The molecule has 0 atom stereocenters. The predicted molar refractivity (Wildman–Crippen MR) is 58.4 cm³/mol. The maximum atomic E-state index is 10.5. The molecule has 0 aliphatic heterocycles. The number of hydrogen-bond acceptors (Lipinski definition) is 4. The molecule has 0 saturated heterocycles. The lowest BCUT2D eigenvalue weighted by molar-refractivity contribution is -0.120. The Kier molecular flexibility index (Phi) is 31.8. The SMILES string of the molecule is CN.CN.CN.O=C1CCCCC1. The molecular weight excluding hydrogens is 166 g/mol. The topological polar surface area (TPSA) is 95.1 Å². The van der Waals surface area contributed by atoms with Gasteiger partial charge in [0.2, 0.25) is 0 Å². The molecular formula is C9H25N3O. The molecule has 4 nitrogen and oxygen atoms in total. The fraction of sp³-hybridized carbons (Fsp3) is 0.889. The third-order valence-corrected chi connectivity index (χ3v) is 1.41. The highest BCUT2D eigenvalue weighted by Crippen LogP contribution is 2.12. The first-order valence-corrected chi connectivity index (χ1v) is 4.64. The first kappa shape index (κ1) is 18.4. The highest BCUT2D eigenvalue weighted by molar-refractivity contribution is 5.78. The van der Waals surface area contributed by atoms with Crippen LogP contribution in [0.15, 0.2) is 0 Å². The summed E-state index contributed by atoms with van der Waals surface area (Å²) >= 11 is 0. The number of carbonyl (C=O) groups is 1. The Morgan fingerprint density at radius 1 is 0.769 bits per heavy atom. The van der Waals surface area contributed by atoms with E-state index in [1.165, 1.54) is 27.6 Å². The summed E-state index contributed by atoms with van der Waals surface area (Å²) in [7, 11) is 4.50. The van der Waals surface area contributed by atoms with E-state index in [1.807, 2.05) is 0 Å². The summed E-state index contributed by atoms with van der Waals surface area (Å²) in [4.78, 5) is 10.5. The van der Waals surface area contributed by atoms with Crippen molar-refractivity contribution in [3.8, 4) is 0 Å². The van der Waals surface area contributed by atoms with Crippen LogP contribution >= 0.6 is 0 Å². The lowest BCUT2D eigenvalue weighted by Gasteiger charge is -2.05. The second kappa shape index (κ2) is 22.6. The monoisotopic (exact) mass is 191 g/mol. The van der Waals surface area contributed by atoms with Crippen LogP contribution in [0.5, 0.6) is 0 Å². The van der Waals surface area contributed by atoms with Crippen molar-refractivity contribution in [3.63, 3.8) is 0 Å². The first-order valence-electron chi connectivity index (χ1n) is 4.64. The molecule has 1 fully saturated rings. The maximum absolute atomic E-state index is 10.5. The molecule has 0 aromatic carbocycles. The molecule has 0 spiro atoms. The van der Waals surface area contributed by atoms with Crippen molar-refractivity contribution in [2.45, 2.75) is 32.1 Å². The van der Waals surface area contributed by atoms with Crippen LogP contribution in [-0.2, 0) is 4.79 Å². The molecule has 82 valence electrons. The zero-order chi connectivity index (χ0) is 11.1. The summed E-state index contributed by atoms with van der Waals surface area (Å²) in [6, 6.07) is 0. The number of ketones is 1. The maximum Gasteiger partial charge on any atom is 0.132 e. The second-order valence-corrected chi connectivity index (χ2v) is 2.10. The van der Waals surface area contributed by atoms with E-state index in [9.17, 15) is 4.79 Å². The van der Waals surface area contributed by atoms with Crippen molar-refractivity contribution in [1.82, 2.24) is 0 Å². The van der Waals surface area contributed by atoms with E-state index >= 15 is 0 Å². The second-order valence-electron chi connectivity index (χ2n) is 2.10. The summed E-state index contributed by atoms with van der Waals surface area (Å²) in [6.07, 6.45) is 5.24. The fourth-order valence-electron chi connectivity index (χ4n) is 0.946. The van der Waals surface area contributed by atoms with Crippen molar-refractivity contribution < 1.29 is 4.79 Å². The Balaban J connectivity index is -0.000000144. The van der Waals surface area contributed by atoms with E-state index in [-0.39, 0.29) is 0 Å².